The summed E-state index contributed by atoms with van der Waals surface area (Å²) in [5, 5.41) is 2.85. The average Bonchev–Trinajstić information content (AvgIpc) is 3.25. The number of benzene rings is 1. The molecule has 0 fully saturated rings. The molecule has 0 saturated carbocycles. The molecule has 160 valence electrons. The summed E-state index contributed by atoms with van der Waals surface area (Å²) in [6.45, 7) is 7.10. The van der Waals surface area contributed by atoms with Gasteiger partial charge in [0, 0.05) is 17.8 Å². The number of aryl methyl sites for hydroxylation is 1. The lowest BCUT2D eigenvalue weighted by Crippen LogP contribution is -2.45. The van der Waals surface area contributed by atoms with Crippen molar-refractivity contribution in [2.75, 3.05) is 18.5 Å². The minimum atomic E-state index is -0.663. The SMILES string of the molecule is CC[C@@H](C)N(CC(=O)Nc1cccc(C)c1C)C(=O)COC(=O)/C=C/c1ccco1. The predicted molar refractivity (Wildman–Crippen MR) is 115 cm³/mol. The van der Waals surface area contributed by atoms with E-state index in [-0.39, 0.29) is 18.5 Å². The number of ether oxygens (including phenoxy) is 1. The highest BCUT2D eigenvalue weighted by Gasteiger charge is 2.23. The second kappa shape index (κ2) is 11.0. The Balaban J connectivity index is 1.95. The van der Waals surface area contributed by atoms with Crippen molar-refractivity contribution >= 4 is 29.5 Å². The van der Waals surface area contributed by atoms with Gasteiger partial charge in [0.25, 0.3) is 5.91 Å². The third-order valence-electron chi connectivity index (χ3n) is 4.90. The van der Waals surface area contributed by atoms with Crippen LogP contribution >= 0.6 is 0 Å². The van der Waals surface area contributed by atoms with Crippen LogP contribution < -0.4 is 5.32 Å². The van der Waals surface area contributed by atoms with Crippen molar-refractivity contribution in [3.63, 3.8) is 0 Å². The number of nitrogens with zero attached hydrogens (tertiary/aromatic N) is 1. The summed E-state index contributed by atoms with van der Waals surface area (Å²) in [6.07, 6.45) is 4.79. The van der Waals surface area contributed by atoms with Crippen LogP contribution in [0.15, 0.2) is 47.1 Å². The molecule has 0 spiro atoms. The molecule has 2 rings (SSSR count). The molecule has 0 aliphatic carbocycles. The van der Waals surface area contributed by atoms with Gasteiger partial charge in [0.05, 0.1) is 6.26 Å². The number of esters is 1. The van der Waals surface area contributed by atoms with Crippen LogP contribution in [-0.2, 0) is 19.1 Å². The van der Waals surface area contributed by atoms with Crippen LogP contribution in [0, 0.1) is 13.8 Å². The number of carbonyl (C=O) groups is 3. The average molecular weight is 412 g/mol. The third kappa shape index (κ3) is 6.62. The van der Waals surface area contributed by atoms with Crippen LogP contribution in [0.1, 0.15) is 37.2 Å². The van der Waals surface area contributed by atoms with Gasteiger partial charge in [-0.3, -0.25) is 9.59 Å². The number of hydrogen-bond acceptors (Lipinski definition) is 5. The molecule has 1 atom stereocenters. The fourth-order valence-corrected chi connectivity index (χ4v) is 2.74. The van der Waals surface area contributed by atoms with E-state index < -0.39 is 18.5 Å². The summed E-state index contributed by atoms with van der Waals surface area (Å²) in [6, 6.07) is 8.86. The van der Waals surface area contributed by atoms with Crippen molar-refractivity contribution in [2.45, 2.75) is 40.2 Å². The van der Waals surface area contributed by atoms with Gasteiger partial charge < -0.3 is 19.4 Å². The molecular formula is C23H28N2O5. The second-order valence-electron chi connectivity index (χ2n) is 7.03. The molecule has 1 aromatic heterocycles. The van der Waals surface area contributed by atoms with E-state index in [1.54, 1.807) is 12.1 Å². The van der Waals surface area contributed by atoms with E-state index >= 15 is 0 Å². The van der Waals surface area contributed by atoms with E-state index in [1.165, 1.54) is 23.3 Å². The molecule has 7 heteroatoms. The van der Waals surface area contributed by atoms with Gasteiger partial charge in [0.1, 0.15) is 12.3 Å². The monoisotopic (exact) mass is 412 g/mol. The van der Waals surface area contributed by atoms with Gasteiger partial charge in [-0.05, 0) is 62.6 Å². The van der Waals surface area contributed by atoms with Crippen molar-refractivity contribution in [1.29, 1.82) is 0 Å². The van der Waals surface area contributed by atoms with Crippen LogP contribution in [0.2, 0.25) is 0 Å². The Labute approximate surface area is 176 Å². The van der Waals surface area contributed by atoms with Gasteiger partial charge in [-0.15, -0.1) is 0 Å². The Morgan fingerprint density at radius 1 is 1.20 bits per heavy atom. The van der Waals surface area contributed by atoms with Crippen LogP contribution in [-0.4, -0.2) is 41.9 Å². The van der Waals surface area contributed by atoms with E-state index in [4.69, 9.17) is 9.15 Å². The first-order chi connectivity index (χ1) is 14.3. The molecule has 0 unspecified atom stereocenters. The molecular weight excluding hydrogens is 384 g/mol. The summed E-state index contributed by atoms with van der Waals surface area (Å²) < 4.78 is 10.1. The minimum Gasteiger partial charge on any atom is -0.465 e. The Hall–Kier alpha value is -3.35. The van der Waals surface area contributed by atoms with Crippen LogP contribution in [0.4, 0.5) is 5.69 Å². The number of amides is 2. The van der Waals surface area contributed by atoms with Crippen LogP contribution in [0.3, 0.4) is 0 Å². The molecule has 1 N–H and O–H groups in total. The standard InChI is InChI=1S/C23H28N2O5/c1-5-17(3)25(14-21(26)24-20-10-6-8-16(2)18(20)4)22(27)15-30-23(28)12-11-19-9-7-13-29-19/h6-13,17H,5,14-15H2,1-4H3,(H,24,26)/b12-11+/t17-/m1/s1. The van der Waals surface area contributed by atoms with Crippen LogP contribution in [0.5, 0.6) is 0 Å². The van der Waals surface area contributed by atoms with Crippen LogP contribution in [0.25, 0.3) is 6.08 Å². The largest absolute Gasteiger partial charge is 0.465 e. The molecule has 1 heterocycles. The van der Waals surface area contributed by atoms with Crippen molar-refractivity contribution in [1.82, 2.24) is 4.90 Å². The van der Waals surface area contributed by atoms with Gasteiger partial charge in [0.15, 0.2) is 6.61 Å². The number of furan rings is 1. The fraction of sp³-hybridized carbons (Fsp3) is 0.348. The lowest BCUT2D eigenvalue weighted by molar-refractivity contribution is -0.150. The maximum atomic E-state index is 12.6. The van der Waals surface area contributed by atoms with Gasteiger partial charge in [-0.25, -0.2) is 4.79 Å². The summed E-state index contributed by atoms with van der Waals surface area (Å²) in [4.78, 5) is 38.4. The summed E-state index contributed by atoms with van der Waals surface area (Å²) in [5.41, 5.74) is 2.76. The molecule has 7 nitrogen and oxygen atoms in total. The predicted octanol–water partition coefficient (Wildman–Crippen LogP) is 3.72. The maximum Gasteiger partial charge on any atom is 0.331 e. The Bertz CT molecular complexity index is 902. The molecule has 2 amide bonds. The quantitative estimate of drug-likeness (QED) is 0.501. The highest BCUT2D eigenvalue weighted by Crippen LogP contribution is 2.18. The van der Waals surface area contributed by atoms with E-state index in [1.807, 2.05) is 45.9 Å². The molecule has 0 saturated heterocycles. The Morgan fingerprint density at radius 2 is 1.97 bits per heavy atom. The zero-order valence-corrected chi connectivity index (χ0v) is 17.8. The first-order valence-electron chi connectivity index (χ1n) is 9.85. The van der Waals surface area contributed by atoms with E-state index in [0.717, 1.165) is 11.1 Å². The number of rotatable bonds is 9. The molecule has 0 radical (unpaired) electrons. The van der Waals surface area contributed by atoms with Gasteiger partial charge in [-0.1, -0.05) is 19.1 Å². The molecule has 0 aliphatic heterocycles. The summed E-state index contributed by atoms with van der Waals surface area (Å²) in [5.74, 6) is -0.895. The zero-order valence-electron chi connectivity index (χ0n) is 17.8. The fourth-order valence-electron chi connectivity index (χ4n) is 2.74. The van der Waals surface area contributed by atoms with Crippen molar-refractivity contribution < 1.29 is 23.5 Å². The smallest absolute Gasteiger partial charge is 0.331 e. The first kappa shape index (κ1) is 22.9. The number of carbonyl (C=O) groups excluding carboxylic acids is 3. The van der Waals surface area contributed by atoms with Gasteiger partial charge >= 0.3 is 5.97 Å². The number of nitrogens with one attached hydrogen (secondary N) is 1. The molecule has 2 aromatic rings. The van der Waals surface area contributed by atoms with Gasteiger partial charge in [0.2, 0.25) is 5.91 Å². The van der Waals surface area contributed by atoms with Crippen molar-refractivity contribution in [3.05, 3.63) is 59.6 Å². The molecule has 30 heavy (non-hydrogen) atoms. The summed E-state index contributed by atoms with van der Waals surface area (Å²) >= 11 is 0. The topological polar surface area (TPSA) is 88.9 Å². The Morgan fingerprint density at radius 3 is 2.63 bits per heavy atom. The molecule has 0 aliphatic rings. The van der Waals surface area contributed by atoms with Crippen molar-refractivity contribution in [2.24, 2.45) is 0 Å². The van der Waals surface area contributed by atoms with E-state index in [2.05, 4.69) is 5.32 Å². The van der Waals surface area contributed by atoms with E-state index in [9.17, 15) is 14.4 Å². The lowest BCUT2D eigenvalue weighted by atomic mass is 10.1. The number of hydrogen-bond donors (Lipinski definition) is 1. The summed E-state index contributed by atoms with van der Waals surface area (Å²) in [7, 11) is 0. The highest BCUT2D eigenvalue weighted by molar-refractivity contribution is 5.96. The normalized spacial score (nSPS) is 11.9. The van der Waals surface area contributed by atoms with Crippen molar-refractivity contribution in [3.8, 4) is 0 Å². The maximum absolute atomic E-state index is 12.6. The molecule has 1 aromatic carbocycles. The number of anilines is 1. The molecule has 0 bridgehead atoms. The lowest BCUT2D eigenvalue weighted by Gasteiger charge is -2.28. The minimum absolute atomic E-state index is 0.124. The third-order valence-corrected chi connectivity index (χ3v) is 4.90. The second-order valence-corrected chi connectivity index (χ2v) is 7.03. The first-order valence-corrected chi connectivity index (χ1v) is 9.85. The van der Waals surface area contributed by atoms with Gasteiger partial charge in [-0.2, -0.15) is 0 Å². The Kier molecular flexibility index (Phi) is 8.41. The van der Waals surface area contributed by atoms with E-state index in [0.29, 0.717) is 17.9 Å². The highest BCUT2D eigenvalue weighted by atomic mass is 16.5. The zero-order chi connectivity index (χ0) is 22.1.